The highest BCUT2D eigenvalue weighted by Crippen LogP contribution is 2.38. The number of carbonyl (C=O) groups excluding carboxylic acids is 1. The van der Waals surface area contributed by atoms with Crippen LogP contribution in [0.15, 0.2) is 45.6 Å². The van der Waals surface area contributed by atoms with Gasteiger partial charge in [-0.25, -0.2) is 0 Å². The highest BCUT2D eigenvalue weighted by molar-refractivity contribution is 5.88. The first-order chi connectivity index (χ1) is 21.8. The topological polar surface area (TPSA) is 275 Å². The van der Waals surface area contributed by atoms with E-state index in [-0.39, 0.29) is 28.4 Å². The molecule has 10 atom stereocenters. The van der Waals surface area contributed by atoms with Crippen molar-refractivity contribution >= 4 is 16.9 Å². The van der Waals surface area contributed by atoms with Crippen molar-refractivity contribution in [3.63, 3.8) is 0 Å². The van der Waals surface area contributed by atoms with Crippen molar-refractivity contribution in [2.24, 2.45) is 0 Å². The number of carbonyl (C=O) groups is 1. The van der Waals surface area contributed by atoms with Crippen molar-refractivity contribution in [2.75, 3.05) is 13.2 Å². The number of phenols is 2. The second-order valence-corrected chi connectivity index (χ2v) is 10.7. The average Bonchev–Trinajstić information content (AvgIpc) is 3.02. The highest BCUT2D eigenvalue weighted by atomic mass is 16.7. The number of hydrogen-bond acceptors (Lipinski definition) is 17. The number of ether oxygens (including phenoxy) is 5. The maximum atomic E-state index is 13.8. The summed E-state index contributed by atoms with van der Waals surface area (Å²) in [6, 6.07) is 7.31. The van der Waals surface area contributed by atoms with Crippen molar-refractivity contribution in [1.29, 1.82) is 0 Å². The van der Waals surface area contributed by atoms with Crippen LogP contribution in [0.4, 0.5) is 0 Å². The van der Waals surface area contributed by atoms with Crippen LogP contribution >= 0.6 is 0 Å². The molecule has 0 unspecified atom stereocenters. The van der Waals surface area contributed by atoms with E-state index < -0.39 is 103 Å². The van der Waals surface area contributed by atoms with Gasteiger partial charge in [-0.05, 0) is 24.3 Å². The minimum Gasteiger partial charge on any atom is -0.508 e. The Labute approximate surface area is 258 Å². The second kappa shape index (κ2) is 13.4. The zero-order valence-corrected chi connectivity index (χ0v) is 23.9. The van der Waals surface area contributed by atoms with Gasteiger partial charge >= 0.3 is 5.97 Å². The number of phenolic OH excluding ortho intramolecular Hbond substituents is 2. The minimum absolute atomic E-state index is 0.140. The predicted octanol–water partition coefficient (Wildman–Crippen LogP) is -2.20. The van der Waals surface area contributed by atoms with Crippen LogP contribution in [0, 0.1) is 0 Å². The lowest BCUT2D eigenvalue weighted by molar-refractivity contribution is -0.278. The number of rotatable bonds is 8. The fourth-order valence-corrected chi connectivity index (χ4v) is 5.00. The molecule has 0 spiro atoms. The van der Waals surface area contributed by atoms with Crippen LogP contribution < -0.4 is 14.9 Å². The predicted molar refractivity (Wildman–Crippen MR) is 150 cm³/mol. The van der Waals surface area contributed by atoms with E-state index in [0.29, 0.717) is 0 Å². The smallest absolute Gasteiger partial charge is 0.302 e. The van der Waals surface area contributed by atoms with E-state index in [4.69, 9.17) is 28.1 Å². The summed E-state index contributed by atoms with van der Waals surface area (Å²) < 4.78 is 33.0. The Bertz CT molecular complexity index is 1600. The molecule has 17 nitrogen and oxygen atoms in total. The van der Waals surface area contributed by atoms with E-state index >= 15 is 0 Å². The van der Waals surface area contributed by atoms with Crippen LogP contribution in [0.25, 0.3) is 22.3 Å². The van der Waals surface area contributed by atoms with Gasteiger partial charge in [0.15, 0.2) is 5.76 Å². The Kier molecular flexibility index (Phi) is 9.68. The maximum absolute atomic E-state index is 13.8. The van der Waals surface area contributed by atoms with Gasteiger partial charge in [0.1, 0.15) is 83.7 Å². The third-order valence-electron chi connectivity index (χ3n) is 7.49. The van der Waals surface area contributed by atoms with Crippen LogP contribution in [-0.4, -0.2) is 127 Å². The lowest BCUT2D eigenvalue weighted by Gasteiger charge is -2.39. The molecule has 0 saturated carbocycles. The number of fused-ring (bicyclic) bond motifs is 1. The van der Waals surface area contributed by atoms with Gasteiger partial charge < -0.3 is 74.1 Å². The van der Waals surface area contributed by atoms with Crippen LogP contribution in [-0.2, 0) is 19.0 Å². The molecule has 17 heteroatoms. The molecule has 0 bridgehead atoms. The van der Waals surface area contributed by atoms with Crippen LogP contribution in [0.5, 0.6) is 23.0 Å². The average molecular weight is 653 g/mol. The largest absolute Gasteiger partial charge is 0.508 e. The molecule has 9 N–H and O–H groups in total. The summed E-state index contributed by atoms with van der Waals surface area (Å²) in [6.45, 7) is -0.151. The molecular formula is C29H32O17. The first-order valence-corrected chi connectivity index (χ1v) is 13.9. The Morgan fingerprint density at radius 2 is 1.39 bits per heavy atom. The van der Waals surface area contributed by atoms with E-state index in [0.717, 1.165) is 19.1 Å². The molecule has 2 saturated heterocycles. The molecule has 3 heterocycles. The third-order valence-corrected chi connectivity index (χ3v) is 7.49. The summed E-state index contributed by atoms with van der Waals surface area (Å²) in [5.74, 6) is -2.76. The summed E-state index contributed by atoms with van der Waals surface area (Å²) >= 11 is 0. The maximum Gasteiger partial charge on any atom is 0.302 e. The van der Waals surface area contributed by atoms with Gasteiger partial charge in [0.25, 0.3) is 0 Å². The van der Waals surface area contributed by atoms with Crippen LogP contribution in [0.3, 0.4) is 0 Å². The fourth-order valence-electron chi connectivity index (χ4n) is 5.00. The zero-order chi connectivity index (χ0) is 33.4. The molecule has 0 aliphatic carbocycles. The molecule has 2 aliphatic rings. The zero-order valence-electron chi connectivity index (χ0n) is 23.9. The molecule has 2 aromatic carbocycles. The van der Waals surface area contributed by atoms with E-state index in [1.165, 1.54) is 24.3 Å². The number of benzene rings is 2. The van der Waals surface area contributed by atoms with E-state index in [2.05, 4.69) is 0 Å². The SMILES string of the molecule is CC(=O)OC[C@H]1O[C@@H](Oc2c(-c3ccc(O)cc3)oc3cc(O[C@@H]4O[C@H](CO)[C@@H](O)[C@H](O)[C@H]4O)cc(O)c3c2=O)[C@H](O)[C@@H](O)[C@@H]1O. The number of esters is 1. The Hall–Kier alpha value is -4.04. The summed E-state index contributed by atoms with van der Waals surface area (Å²) in [5, 5.41) is 91.5. The standard InChI is InChI=1S/C29H32O17/c1-10(31)41-9-17-20(35)23(38)25(40)29(45-17)46-27-21(36)18-14(33)6-13(42-28-24(39)22(37)19(34)16(8-30)44-28)7-15(18)43-26(27)11-2-4-12(32)5-3-11/h2-7,16-17,19-20,22-25,28-30,32-35,37-40H,8-9H2,1H3/t16-,17-,19-,20-,22+,23+,24-,25-,28-,29+/m1/s1. The molecule has 46 heavy (non-hydrogen) atoms. The summed E-state index contributed by atoms with van der Waals surface area (Å²) in [6.07, 6.45) is -16.8. The molecule has 250 valence electrons. The fraction of sp³-hybridized carbons (Fsp3) is 0.448. The number of aliphatic hydroxyl groups excluding tert-OH is 7. The highest BCUT2D eigenvalue weighted by Gasteiger charge is 2.47. The van der Waals surface area contributed by atoms with Gasteiger partial charge in [0.05, 0.1) is 6.61 Å². The van der Waals surface area contributed by atoms with Gasteiger partial charge in [-0.15, -0.1) is 0 Å². The Balaban J connectivity index is 1.55. The lowest BCUT2D eigenvalue weighted by atomic mass is 9.99. The number of aromatic hydroxyl groups is 2. The Morgan fingerprint density at radius 3 is 2.00 bits per heavy atom. The molecule has 1 aromatic heterocycles. The second-order valence-electron chi connectivity index (χ2n) is 10.7. The minimum atomic E-state index is -1.92. The molecule has 5 rings (SSSR count). The van der Waals surface area contributed by atoms with E-state index in [1.807, 2.05) is 0 Å². The van der Waals surface area contributed by atoms with Gasteiger partial charge in [0, 0.05) is 24.6 Å². The van der Waals surface area contributed by atoms with Gasteiger partial charge in [-0.3, -0.25) is 9.59 Å². The van der Waals surface area contributed by atoms with Gasteiger partial charge in [-0.1, -0.05) is 0 Å². The summed E-state index contributed by atoms with van der Waals surface area (Å²) in [5.41, 5.74) is -1.16. The quantitative estimate of drug-likeness (QED) is 0.117. The van der Waals surface area contributed by atoms with Gasteiger partial charge in [-0.2, -0.15) is 0 Å². The summed E-state index contributed by atoms with van der Waals surface area (Å²) in [7, 11) is 0. The molecule has 0 radical (unpaired) electrons. The van der Waals surface area contributed by atoms with Crippen molar-refractivity contribution in [3.8, 4) is 34.3 Å². The molecule has 3 aromatic rings. The van der Waals surface area contributed by atoms with Crippen molar-refractivity contribution in [1.82, 2.24) is 0 Å². The van der Waals surface area contributed by atoms with Crippen LogP contribution in [0.1, 0.15) is 6.92 Å². The van der Waals surface area contributed by atoms with Crippen molar-refractivity contribution < 1.29 is 78.9 Å². The third kappa shape index (κ3) is 6.45. The van der Waals surface area contributed by atoms with Crippen molar-refractivity contribution in [3.05, 3.63) is 46.6 Å². The molecule has 0 amide bonds. The molecular weight excluding hydrogens is 620 g/mol. The van der Waals surface area contributed by atoms with E-state index in [1.54, 1.807) is 0 Å². The van der Waals surface area contributed by atoms with Gasteiger partial charge in [0.2, 0.25) is 23.8 Å². The number of aliphatic hydroxyl groups is 7. The molecule has 2 aliphatic heterocycles. The lowest BCUT2D eigenvalue weighted by Crippen LogP contribution is -2.60. The normalized spacial score (nSPS) is 31.4. The van der Waals surface area contributed by atoms with Crippen LogP contribution in [0.2, 0.25) is 0 Å². The monoisotopic (exact) mass is 652 g/mol. The first kappa shape index (κ1) is 33.3. The van der Waals surface area contributed by atoms with E-state index in [9.17, 15) is 55.5 Å². The Morgan fingerprint density at radius 1 is 0.804 bits per heavy atom. The van der Waals surface area contributed by atoms with Crippen molar-refractivity contribution in [2.45, 2.75) is 68.3 Å². The first-order valence-electron chi connectivity index (χ1n) is 13.9. The summed E-state index contributed by atoms with van der Waals surface area (Å²) in [4.78, 5) is 25.1. The number of hydrogen-bond donors (Lipinski definition) is 9. The molecule has 2 fully saturated rings.